The summed E-state index contributed by atoms with van der Waals surface area (Å²) in [6.45, 7) is 6.14. The minimum Gasteiger partial charge on any atom is -0.352 e. The normalized spacial score (nSPS) is 30.6. The maximum absolute atomic E-state index is 12.2. The Hall–Kier alpha value is -0.610. The Labute approximate surface area is 110 Å². The number of carbonyl (C=O) groups excluding carboxylic acids is 1. The van der Waals surface area contributed by atoms with Gasteiger partial charge in [0.05, 0.1) is 0 Å². The van der Waals surface area contributed by atoms with Crippen molar-refractivity contribution in [3.8, 4) is 0 Å². The zero-order valence-corrected chi connectivity index (χ0v) is 11.5. The number of nitrogens with two attached hydrogens (primary N) is 1. The average molecular weight is 253 g/mol. The summed E-state index contributed by atoms with van der Waals surface area (Å²) in [5.74, 6) is 0.801. The van der Waals surface area contributed by atoms with Crippen molar-refractivity contribution in [3.05, 3.63) is 0 Å². The molecule has 1 heterocycles. The van der Waals surface area contributed by atoms with Crippen LogP contribution >= 0.6 is 0 Å². The molecular weight excluding hydrogens is 226 g/mol. The molecule has 0 bridgehead atoms. The lowest BCUT2D eigenvalue weighted by atomic mass is 9.95. The molecule has 4 nitrogen and oxygen atoms in total. The van der Waals surface area contributed by atoms with E-state index in [1.165, 1.54) is 25.9 Å². The van der Waals surface area contributed by atoms with Crippen LogP contribution in [0.1, 0.15) is 39.0 Å². The standard InChI is InChI=1S/C14H27N3O/c1-11(10-17-7-2-3-8-17)16-14(18)13-6-4-5-12(13)9-15/h11-13H,2-10,15H2,1H3,(H,16,18). The molecule has 0 aromatic carbocycles. The van der Waals surface area contributed by atoms with Crippen LogP contribution in [0.3, 0.4) is 0 Å². The molecule has 1 amide bonds. The van der Waals surface area contributed by atoms with E-state index in [9.17, 15) is 4.79 Å². The third-order valence-corrected chi connectivity index (χ3v) is 4.42. The summed E-state index contributed by atoms with van der Waals surface area (Å²) >= 11 is 0. The van der Waals surface area contributed by atoms with Crippen LogP contribution in [0.15, 0.2) is 0 Å². The lowest BCUT2D eigenvalue weighted by Crippen LogP contribution is -2.44. The monoisotopic (exact) mass is 253 g/mol. The van der Waals surface area contributed by atoms with Crippen molar-refractivity contribution in [2.75, 3.05) is 26.2 Å². The molecule has 1 saturated carbocycles. The minimum absolute atomic E-state index is 0.163. The molecule has 1 saturated heterocycles. The van der Waals surface area contributed by atoms with Crippen LogP contribution in [0, 0.1) is 11.8 Å². The number of hydrogen-bond donors (Lipinski definition) is 2. The maximum Gasteiger partial charge on any atom is 0.223 e. The van der Waals surface area contributed by atoms with Gasteiger partial charge in [0.2, 0.25) is 5.91 Å². The number of likely N-dealkylation sites (tertiary alicyclic amines) is 1. The van der Waals surface area contributed by atoms with Gasteiger partial charge in [-0.3, -0.25) is 4.79 Å². The van der Waals surface area contributed by atoms with E-state index < -0.39 is 0 Å². The first kappa shape index (κ1) is 13.8. The highest BCUT2D eigenvalue weighted by Gasteiger charge is 2.32. The van der Waals surface area contributed by atoms with Crippen LogP contribution in [-0.2, 0) is 4.79 Å². The highest BCUT2D eigenvalue weighted by atomic mass is 16.2. The van der Waals surface area contributed by atoms with Gasteiger partial charge in [0.1, 0.15) is 0 Å². The number of nitrogens with one attached hydrogen (secondary N) is 1. The SMILES string of the molecule is CC(CN1CCCC1)NC(=O)C1CCCC1CN. The maximum atomic E-state index is 12.2. The highest BCUT2D eigenvalue weighted by Crippen LogP contribution is 2.31. The Morgan fingerprint density at radius 3 is 2.72 bits per heavy atom. The van der Waals surface area contributed by atoms with Gasteiger partial charge in [-0.15, -0.1) is 0 Å². The summed E-state index contributed by atoms with van der Waals surface area (Å²) < 4.78 is 0. The fourth-order valence-corrected chi connectivity index (χ4v) is 3.41. The fourth-order valence-electron chi connectivity index (χ4n) is 3.41. The molecule has 0 aromatic rings. The van der Waals surface area contributed by atoms with Gasteiger partial charge >= 0.3 is 0 Å². The molecule has 2 aliphatic rings. The topological polar surface area (TPSA) is 58.4 Å². The van der Waals surface area contributed by atoms with Crippen molar-refractivity contribution >= 4 is 5.91 Å². The molecule has 18 heavy (non-hydrogen) atoms. The zero-order chi connectivity index (χ0) is 13.0. The van der Waals surface area contributed by atoms with Crippen LogP contribution in [0.5, 0.6) is 0 Å². The number of amides is 1. The van der Waals surface area contributed by atoms with Gasteiger partial charge in [0, 0.05) is 18.5 Å². The van der Waals surface area contributed by atoms with Crippen LogP contribution in [0.2, 0.25) is 0 Å². The van der Waals surface area contributed by atoms with E-state index in [-0.39, 0.29) is 17.9 Å². The molecule has 0 aromatic heterocycles. The summed E-state index contributed by atoms with van der Waals surface area (Å²) in [6, 6.07) is 0.259. The van der Waals surface area contributed by atoms with Crippen LogP contribution in [-0.4, -0.2) is 43.0 Å². The number of nitrogens with zero attached hydrogens (tertiary/aromatic N) is 1. The molecule has 0 spiro atoms. The predicted molar refractivity (Wildman–Crippen MR) is 73.2 cm³/mol. The highest BCUT2D eigenvalue weighted by molar-refractivity contribution is 5.79. The second-order valence-corrected chi connectivity index (χ2v) is 5.95. The smallest absolute Gasteiger partial charge is 0.223 e. The first-order valence-electron chi connectivity index (χ1n) is 7.43. The summed E-state index contributed by atoms with van der Waals surface area (Å²) in [4.78, 5) is 14.7. The molecule has 3 N–H and O–H groups in total. The molecular formula is C14H27N3O. The van der Waals surface area contributed by atoms with Gasteiger partial charge in [-0.05, 0) is 58.2 Å². The molecule has 1 aliphatic heterocycles. The fraction of sp³-hybridized carbons (Fsp3) is 0.929. The summed E-state index contributed by atoms with van der Waals surface area (Å²) in [5, 5.41) is 3.18. The van der Waals surface area contributed by atoms with Gasteiger partial charge < -0.3 is 16.0 Å². The average Bonchev–Trinajstić information content (AvgIpc) is 2.97. The second-order valence-electron chi connectivity index (χ2n) is 5.95. The minimum atomic E-state index is 0.163. The third-order valence-electron chi connectivity index (χ3n) is 4.42. The lowest BCUT2D eigenvalue weighted by molar-refractivity contribution is -0.126. The van der Waals surface area contributed by atoms with Crippen LogP contribution < -0.4 is 11.1 Å². The molecule has 1 aliphatic carbocycles. The number of carbonyl (C=O) groups is 1. The van der Waals surface area contributed by atoms with Gasteiger partial charge in [-0.1, -0.05) is 6.42 Å². The third kappa shape index (κ3) is 3.45. The van der Waals surface area contributed by atoms with E-state index in [2.05, 4.69) is 17.1 Å². The Balaban J connectivity index is 1.75. The summed E-state index contributed by atoms with van der Waals surface area (Å²) in [7, 11) is 0. The zero-order valence-electron chi connectivity index (χ0n) is 11.5. The van der Waals surface area contributed by atoms with Crippen LogP contribution in [0.25, 0.3) is 0 Å². The molecule has 3 atom stereocenters. The molecule has 104 valence electrons. The number of rotatable bonds is 5. The first-order chi connectivity index (χ1) is 8.70. The largest absolute Gasteiger partial charge is 0.352 e. The second kappa shape index (κ2) is 6.53. The van der Waals surface area contributed by atoms with E-state index in [4.69, 9.17) is 5.73 Å². The van der Waals surface area contributed by atoms with Crippen molar-refractivity contribution in [2.24, 2.45) is 17.6 Å². The summed E-state index contributed by atoms with van der Waals surface area (Å²) in [6.07, 6.45) is 5.90. The van der Waals surface area contributed by atoms with Crippen molar-refractivity contribution in [1.29, 1.82) is 0 Å². The van der Waals surface area contributed by atoms with E-state index in [1.807, 2.05) is 0 Å². The lowest BCUT2D eigenvalue weighted by Gasteiger charge is -2.24. The molecule has 0 radical (unpaired) electrons. The van der Waals surface area contributed by atoms with Gasteiger partial charge in [-0.25, -0.2) is 0 Å². The van der Waals surface area contributed by atoms with Gasteiger partial charge in [0.25, 0.3) is 0 Å². The van der Waals surface area contributed by atoms with Crippen molar-refractivity contribution < 1.29 is 4.79 Å². The van der Waals surface area contributed by atoms with Gasteiger partial charge in [-0.2, -0.15) is 0 Å². The van der Waals surface area contributed by atoms with E-state index in [1.54, 1.807) is 0 Å². The Morgan fingerprint density at radius 1 is 1.33 bits per heavy atom. The molecule has 3 unspecified atom stereocenters. The van der Waals surface area contributed by atoms with Crippen molar-refractivity contribution in [3.63, 3.8) is 0 Å². The first-order valence-corrected chi connectivity index (χ1v) is 7.43. The van der Waals surface area contributed by atoms with Crippen LogP contribution in [0.4, 0.5) is 0 Å². The quantitative estimate of drug-likeness (QED) is 0.767. The van der Waals surface area contributed by atoms with Gasteiger partial charge in [0.15, 0.2) is 0 Å². The Kier molecular flexibility index (Phi) is 5.01. The van der Waals surface area contributed by atoms with Crippen molar-refractivity contribution in [2.45, 2.75) is 45.1 Å². The van der Waals surface area contributed by atoms with E-state index in [0.29, 0.717) is 12.5 Å². The molecule has 2 rings (SSSR count). The number of hydrogen-bond acceptors (Lipinski definition) is 3. The van der Waals surface area contributed by atoms with E-state index >= 15 is 0 Å². The molecule has 4 heteroatoms. The predicted octanol–water partition coefficient (Wildman–Crippen LogP) is 0.962. The molecule has 2 fully saturated rings. The van der Waals surface area contributed by atoms with Crippen molar-refractivity contribution in [1.82, 2.24) is 10.2 Å². The Bertz CT molecular complexity index is 276. The summed E-state index contributed by atoms with van der Waals surface area (Å²) in [5.41, 5.74) is 5.74. The Morgan fingerprint density at radius 2 is 2.06 bits per heavy atom. The van der Waals surface area contributed by atoms with E-state index in [0.717, 1.165) is 25.8 Å².